The SMILES string of the molecule is CCCNCc1nnc(C2CCCC2C)s1. The van der Waals surface area contributed by atoms with E-state index >= 15 is 0 Å². The van der Waals surface area contributed by atoms with E-state index < -0.39 is 0 Å². The Balaban J connectivity index is 1.91. The van der Waals surface area contributed by atoms with Gasteiger partial charge in [-0.25, -0.2) is 0 Å². The molecule has 2 atom stereocenters. The van der Waals surface area contributed by atoms with E-state index in [4.69, 9.17) is 0 Å². The molecule has 0 saturated heterocycles. The van der Waals surface area contributed by atoms with Gasteiger partial charge in [0, 0.05) is 12.5 Å². The van der Waals surface area contributed by atoms with E-state index in [1.807, 2.05) is 0 Å². The average Bonchev–Trinajstić information content (AvgIpc) is 2.87. The van der Waals surface area contributed by atoms with E-state index in [2.05, 4.69) is 29.4 Å². The van der Waals surface area contributed by atoms with Gasteiger partial charge in [-0.1, -0.05) is 38.0 Å². The molecule has 0 spiro atoms. The maximum Gasteiger partial charge on any atom is 0.131 e. The summed E-state index contributed by atoms with van der Waals surface area (Å²) in [7, 11) is 0. The van der Waals surface area contributed by atoms with Gasteiger partial charge in [-0.3, -0.25) is 0 Å². The number of hydrogen-bond acceptors (Lipinski definition) is 4. The summed E-state index contributed by atoms with van der Waals surface area (Å²) in [6, 6.07) is 0. The third-order valence-electron chi connectivity index (χ3n) is 3.36. The molecule has 1 aromatic heterocycles. The summed E-state index contributed by atoms with van der Waals surface area (Å²) in [5, 5.41) is 14.4. The second-order valence-electron chi connectivity index (χ2n) is 4.73. The first-order chi connectivity index (χ1) is 7.81. The molecule has 1 aliphatic rings. The van der Waals surface area contributed by atoms with Crippen molar-refractivity contribution in [3.63, 3.8) is 0 Å². The summed E-state index contributed by atoms with van der Waals surface area (Å²) in [6.07, 6.45) is 5.19. The molecule has 90 valence electrons. The van der Waals surface area contributed by atoms with E-state index in [1.165, 1.54) is 30.7 Å². The molecule has 0 amide bonds. The highest BCUT2D eigenvalue weighted by atomic mass is 32.1. The molecule has 1 saturated carbocycles. The highest BCUT2D eigenvalue weighted by Crippen LogP contribution is 2.40. The Hall–Kier alpha value is -0.480. The molecular formula is C12H21N3S. The fourth-order valence-electron chi connectivity index (χ4n) is 2.37. The molecule has 1 N–H and O–H groups in total. The van der Waals surface area contributed by atoms with Crippen molar-refractivity contribution >= 4 is 11.3 Å². The van der Waals surface area contributed by atoms with Gasteiger partial charge in [-0.05, 0) is 25.3 Å². The molecule has 0 aliphatic heterocycles. The van der Waals surface area contributed by atoms with E-state index in [0.29, 0.717) is 5.92 Å². The van der Waals surface area contributed by atoms with Crippen molar-refractivity contribution < 1.29 is 0 Å². The van der Waals surface area contributed by atoms with Crippen molar-refractivity contribution in [2.24, 2.45) is 5.92 Å². The number of nitrogens with one attached hydrogen (secondary N) is 1. The molecule has 1 fully saturated rings. The smallest absolute Gasteiger partial charge is 0.131 e. The molecule has 2 rings (SSSR count). The standard InChI is InChI=1S/C12H21N3S/c1-3-7-13-8-11-14-15-12(16-11)10-6-4-5-9(10)2/h9-10,13H,3-8H2,1-2H3. The summed E-state index contributed by atoms with van der Waals surface area (Å²) in [6.45, 7) is 6.47. The Bertz CT molecular complexity index is 324. The third-order valence-corrected chi connectivity index (χ3v) is 4.42. The lowest BCUT2D eigenvalue weighted by atomic mass is 9.99. The van der Waals surface area contributed by atoms with Crippen molar-refractivity contribution in [3.8, 4) is 0 Å². The van der Waals surface area contributed by atoms with Crippen LogP contribution in [0.25, 0.3) is 0 Å². The van der Waals surface area contributed by atoms with Crippen LogP contribution >= 0.6 is 11.3 Å². The highest BCUT2D eigenvalue weighted by molar-refractivity contribution is 7.11. The molecule has 2 unspecified atom stereocenters. The molecule has 16 heavy (non-hydrogen) atoms. The third kappa shape index (κ3) is 2.80. The van der Waals surface area contributed by atoms with E-state index in [9.17, 15) is 0 Å². The van der Waals surface area contributed by atoms with Gasteiger partial charge in [0.15, 0.2) is 0 Å². The van der Waals surface area contributed by atoms with Gasteiger partial charge in [0.2, 0.25) is 0 Å². The molecule has 0 aromatic carbocycles. The summed E-state index contributed by atoms with van der Waals surface area (Å²) in [4.78, 5) is 0. The van der Waals surface area contributed by atoms with Crippen LogP contribution in [0.15, 0.2) is 0 Å². The average molecular weight is 239 g/mol. The first kappa shape index (κ1) is 12.0. The predicted molar refractivity (Wildman–Crippen MR) is 67.7 cm³/mol. The monoisotopic (exact) mass is 239 g/mol. The van der Waals surface area contributed by atoms with Crippen LogP contribution in [-0.4, -0.2) is 16.7 Å². The second-order valence-corrected chi connectivity index (χ2v) is 5.82. The molecule has 1 aromatic rings. The largest absolute Gasteiger partial charge is 0.310 e. The van der Waals surface area contributed by atoms with Gasteiger partial charge < -0.3 is 5.32 Å². The van der Waals surface area contributed by atoms with Crippen molar-refractivity contribution in [1.82, 2.24) is 15.5 Å². The van der Waals surface area contributed by atoms with Crippen molar-refractivity contribution in [3.05, 3.63) is 10.0 Å². The van der Waals surface area contributed by atoms with E-state index in [1.54, 1.807) is 11.3 Å². The fraction of sp³-hybridized carbons (Fsp3) is 0.833. The lowest BCUT2D eigenvalue weighted by Crippen LogP contribution is -2.13. The minimum Gasteiger partial charge on any atom is -0.310 e. The molecule has 1 heterocycles. The summed E-state index contributed by atoms with van der Waals surface area (Å²) in [5.74, 6) is 1.47. The fourth-order valence-corrected chi connectivity index (χ4v) is 3.45. The normalized spacial score (nSPS) is 25.1. The van der Waals surface area contributed by atoms with Crippen molar-refractivity contribution in [2.45, 2.75) is 52.0 Å². The van der Waals surface area contributed by atoms with Crippen LogP contribution < -0.4 is 5.32 Å². The number of rotatable bonds is 5. The zero-order chi connectivity index (χ0) is 11.4. The van der Waals surface area contributed by atoms with Crippen LogP contribution in [0.2, 0.25) is 0 Å². The second kappa shape index (κ2) is 5.73. The minimum absolute atomic E-state index is 0.678. The quantitative estimate of drug-likeness (QED) is 0.803. The van der Waals surface area contributed by atoms with Crippen LogP contribution in [0.1, 0.15) is 55.5 Å². The zero-order valence-electron chi connectivity index (χ0n) is 10.2. The van der Waals surface area contributed by atoms with Crippen LogP contribution in [0.5, 0.6) is 0 Å². The Morgan fingerprint density at radius 1 is 1.38 bits per heavy atom. The van der Waals surface area contributed by atoms with Crippen molar-refractivity contribution in [2.75, 3.05) is 6.54 Å². The van der Waals surface area contributed by atoms with Crippen LogP contribution in [0, 0.1) is 5.92 Å². The lowest BCUT2D eigenvalue weighted by molar-refractivity contribution is 0.527. The maximum absolute atomic E-state index is 4.36. The van der Waals surface area contributed by atoms with Gasteiger partial charge in [0.25, 0.3) is 0 Å². The Morgan fingerprint density at radius 3 is 2.94 bits per heavy atom. The number of hydrogen-bond donors (Lipinski definition) is 1. The predicted octanol–water partition coefficient (Wildman–Crippen LogP) is 2.94. The van der Waals surface area contributed by atoms with Crippen LogP contribution in [-0.2, 0) is 6.54 Å². The van der Waals surface area contributed by atoms with Gasteiger partial charge in [0.05, 0.1) is 0 Å². The molecule has 1 aliphatic carbocycles. The Kier molecular flexibility index (Phi) is 4.29. The van der Waals surface area contributed by atoms with E-state index in [-0.39, 0.29) is 0 Å². The van der Waals surface area contributed by atoms with Gasteiger partial charge in [-0.15, -0.1) is 10.2 Å². The molecule has 3 nitrogen and oxygen atoms in total. The topological polar surface area (TPSA) is 37.8 Å². The minimum atomic E-state index is 0.678. The molecular weight excluding hydrogens is 218 g/mol. The molecule has 0 radical (unpaired) electrons. The maximum atomic E-state index is 4.36. The number of aromatic nitrogens is 2. The van der Waals surface area contributed by atoms with Crippen LogP contribution in [0.4, 0.5) is 0 Å². The highest BCUT2D eigenvalue weighted by Gasteiger charge is 2.27. The van der Waals surface area contributed by atoms with E-state index in [0.717, 1.165) is 24.0 Å². The number of nitrogens with zero attached hydrogens (tertiary/aromatic N) is 2. The first-order valence-electron chi connectivity index (χ1n) is 6.34. The zero-order valence-corrected chi connectivity index (χ0v) is 11.0. The summed E-state index contributed by atoms with van der Waals surface area (Å²) >= 11 is 1.80. The van der Waals surface area contributed by atoms with Gasteiger partial charge in [-0.2, -0.15) is 0 Å². The lowest BCUT2D eigenvalue weighted by Gasteiger charge is -2.10. The Morgan fingerprint density at radius 2 is 2.25 bits per heavy atom. The van der Waals surface area contributed by atoms with Crippen LogP contribution in [0.3, 0.4) is 0 Å². The van der Waals surface area contributed by atoms with Crippen molar-refractivity contribution in [1.29, 1.82) is 0 Å². The molecule has 0 bridgehead atoms. The summed E-state index contributed by atoms with van der Waals surface area (Å²) < 4.78 is 0. The van der Waals surface area contributed by atoms with Gasteiger partial charge >= 0.3 is 0 Å². The summed E-state index contributed by atoms with van der Waals surface area (Å²) in [5.41, 5.74) is 0. The van der Waals surface area contributed by atoms with Gasteiger partial charge in [0.1, 0.15) is 10.0 Å². The first-order valence-corrected chi connectivity index (χ1v) is 7.16. The molecule has 4 heteroatoms. The Labute approximate surface area is 102 Å².